The predicted octanol–water partition coefficient (Wildman–Crippen LogP) is 4.11. The summed E-state index contributed by atoms with van der Waals surface area (Å²) in [6.45, 7) is 8.84. The van der Waals surface area contributed by atoms with Crippen LogP contribution in [0.25, 0.3) is 0 Å². The molecule has 0 radical (unpaired) electrons. The van der Waals surface area contributed by atoms with Crippen LogP contribution in [0.15, 0.2) is 41.3 Å². The molecule has 178 valence electrons. The molecule has 2 N–H and O–H groups in total. The Hall–Kier alpha value is -2.58. The smallest absolute Gasteiger partial charge is 0.335 e. The van der Waals surface area contributed by atoms with Crippen molar-refractivity contribution >= 4 is 27.4 Å². The quantitative estimate of drug-likeness (QED) is 0.632. The second-order valence-corrected chi connectivity index (χ2v) is 11.0. The Balaban J connectivity index is 1.62. The fraction of sp³-hybridized carbons (Fsp3) is 0.480. The molecule has 0 aliphatic carbocycles. The lowest BCUT2D eigenvalue weighted by Crippen LogP contribution is -2.40. The van der Waals surface area contributed by atoms with Crippen molar-refractivity contribution in [1.82, 2.24) is 4.90 Å². The minimum atomic E-state index is -3.87. The average molecular weight is 472 g/mol. The third kappa shape index (κ3) is 5.50. The zero-order valence-corrected chi connectivity index (χ0v) is 20.2. The van der Waals surface area contributed by atoms with E-state index in [1.165, 1.54) is 18.9 Å². The first kappa shape index (κ1) is 23.6. The average Bonchev–Trinajstić information content (AvgIpc) is 3.28. The summed E-state index contributed by atoms with van der Waals surface area (Å²) in [4.78, 5) is 16.5. The first-order valence-electron chi connectivity index (χ1n) is 11.7. The van der Waals surface area contributed by atoms with Gasteiger partial charge in [0.05, 0.1) is 21.8 Å². The first-order valence-corrected chi connectivity index (χ1v) is 13.2. The largest absolute Gasteiger partial charge is 0.478 e. The van der Waals surface area contributed by atoms with E-state index in [1.54, 1.807) is 30.3 Å². The number of sulfonamides is 1. The second-order valence-electron chi connectivity index (χ2n) is 9.35. The van der Waals surface area contributed by atoms with Crippen molar-refractivity contribution in [3.8, 4) is 0 Å². The van der Waals surface area contributed by atoms with Gasteiger partial charge in [0, 0.05) is 19.6 Å². The van der Waals surface area contributed by atoms with E-state index in [0.717, 1.165) is 62.4 Å². The molecule has 2 aliphatic rings. The van der Waals surface area contributed by atoms with Gasteiger partial charge in [-0.05, 0) is 100.0 Å². The molecule has 8 heteroatoms. The van der Waals surface area contributed by atoms with E-state index in [4.69, 9.17) is 0 Å². The molecule has 0 aromatic heterocycles. The van der Waals surface area contributed by atoms with Crippen molar-refractivity contribution in [2.24, 2.45) is 5.92 Å². The van der Waals surface area contributed by atoms with Gasteiger partial charge in [-0.3, -0.25) is 4.72 Å². The molecule has 0 saturated carbocycles. The Morgan fingerprint density at radius 1 is 1.03 bits per heavy atom. The third-order valence-corrected chi connectivity index (χ3v) is 8.21. The van der Waals surface area contributed by atoms with E-state index >= 15 is 0 Å². The number of aromatic carboxylic acids is 1. The van der Waals surface area contributed by atoms with E-state index in [9.17, 15) is 18.3 Å². The van der Waals surface area contributed by atoms with Crippen molar-refractivity contribution in [3.63, 3.8) is 0 Å². The number of carboxylic acids is 1. The van der Waals surface area contributed by atoms with Gasteiger partial charge in [0.1, 0.15) is 0 Å². The molecule has 2 saturated heterocycles. The van der Waals surface area contributed by atoms with Crippen LogP contribution in [-0.2, 0) is 10.0 Å². The van der Waals surface area contributed by atoms with E-state index < -0.39 is 16.0 Å². The number of benzene rings is 2. The summed E-state index contributed by atoms with van der Waals surface area (Å²) < 4.78 is 29.1. The molecule has 7 nitrogen and oxygen atoms in total. The van der Waals surface area contributed by atoms with Gasteiger partial charge in [-0.15, -0.1) is 0 Å². The SMILES string of the molecule is Cc1ccc(S(=O)(=O)Nc2cc(C(=O)O)ccc2N2CCCC(CN3CCCC3)C2)cc1C. The fourth-order valence-electron chi connectivity index (χ4n) is 4.87. The van der Waals surface area contributed by atoms with E-state index in [-0.39, 0.29) is 10.5 Å². The van der Waals surface area contributed by atoms with Crippen LogP contribution in [0.3, 0.4) is 0 Å². The molecule has 2 aromatic rings. The topological polar surface area (TPSA) is 89.9 Å². The molecular formula is C25H33N3O4S. The van der Waals surface area contributed by atoms with Crippen LogP contribution in [-0.4, -0.2) is 57.1 Å². The van der Waals surface area contributed by atoms with E-state index in [1.807, 2.05) is 13.8 Å². The highest BCUT2D eigenvalue weighted by Crippen LogP contribution is 2.33. The Labute approximate surface area is 196 Å². The Morgan fingerprint density at radius 3 is 2.48 bits per heavy atom. The highest BCUT2D eigenvalue weighted by Gasteiger charge is 2.26. The van der Waals surface area contributed by atoms with Gasteiger partial charge in [-0.25, -0.2) is 13.2 Å². The molecule has 4 rings (SSSR count). The standard InChI is InChI=1S/C25H33N3O4S/c1-18-7-9-22(14-19(18)2)33(31,32)26-23-15-21(25(29)30)8-10-24(23)28-13-5-6-20(17-28)16-27-11-3-4-12-27/h7-10,14-15,20,26H,3-6,11-13,16-17H2,1-2H3,(H,29,30). The van der Waals surface area contributed by atoms with Crippen LogP contribution >= 0.6 is 0 Å². The molecule has 2 fully saturated rings. The van der Waals surface area contributed by atoms with Gasteiger partial charge in [-0.1, -0.05) is 6.07 Å². The molecule has 2 aromatic carbocycles. The number of carboxylic acid groups (broad SMARTS) is 1. The third-order valence-electron chi connectivity index (χ3n) is 6.85. The number of likely N-dealkylation sites (tertiary alicyclic amines) is 1. The van der Waals surface area contributed by atoms with Gasteiger partial charge in [0.25, 0.3) is 10.0 Å². The van der Waals surface area contributed by atoms with Crippen molar-refractivity contribution in [2.75, 3.05) is 42.3 Å². The van der Waals surface area contributed by atoms with Crippen LogP contribution in [0.2, 0.25) is 0 Å². The van der Waals surface area contributed by atoms with Crippen molar-refractivity contribution < 1.29 is 18.3 Å². The molecule has 0 bridgehead atoms. The number of hydrogen-bond acceptors (Lipinski definition) is 5. The number of carbonyl (C=O) groups is 1. The Bertz CT molecular complexity index is 1130. The lowest BCUT2D eigenvalue weighted by atomic mass is 9.96. The molecule has 2 heterocycles. The van der Waals surface area contributed by atoms with Crippen molar-refractivity contribution in [3.05, 3.63) is 53.1 Å². The van der Waals surface area contributed by atoms with Crippen LogP contribution in [0, 0.1) is 19.8 Å². The first-order chi connectivity index (χ1) is 15.7. The molecule has 2 aliphatic heterocycles. The molecule has 0 amide bonds. The minimum absolute atomic E-state index is 0.0576. The number of anilines is 2. The number of piperidine rings is 1. The summed E-state index contributed by atoms with van der Waals surface area (Å²) in [6.07, 6.45) is 4.71. The predicted molar refractivity (Wildman–Crippen MR) is 131 cm³/mol. The van der Waals surface area contributed by atoms with Crippen LogP contribution in [0.1, 0.15) is 47.2 Å². The van der Waals surface area contributed by atoms with Gasteiger partial charge in [0.15, 0.2) is 0 Å². The molecule has 1 unspecified atom stereocenters. The summed E-state index contributed by atoms with van der Waals surface area (Å²) in [5.41, 5.74) is 3.01. The number of rotatable bonds is 7. The molecule has 33 heavy (non-hydrogen) atoms. The van der Waals surface area contributed by atoms with E-state index in [0.29, 0.717) is 11.6 Å². The lowest BCUT2D eigenvalue weighted by Gasteiger charge is -2.37. The maximum atomic E-state index is 13.2. The lowest BCUT2D eigenvalue weighted by molar-refractivity contribution is 0.0697. The monoisotopic (exact) mass is 471 g/mol. The highest BCUT2D eigenvalue weighted by atomic mass is 32.2. The number of nitrogens with zero attached hydrogens (tertiary/aromatic N) is 2. The van der Waals surface area contributed by atoms with Gasteiger partial charge in [-0.2, -0.15) is 0 Å². The summed E-state index contributed by atoms with van der Waals surface area (Å²) >= 11 is 0. The summed E-state index contributed by atoms with van der Waals surface area (Å²) in [6, 6.07) is 9.73. The number of nitrogens with one attached hydrogen (secondary N) is 1. The van der Waals surface area contributed by atoms with Gasteiger partial charge < -0.3 is 14.9 Å². The summed E-state index contributed by atoms with van der Waals surface area (Å²) in [7, 11) is -3.87. The summed E-state index contributed by atoms with van der Waals surface area (Å²) in [5, 5.41) is 9.50. The van der Waals surface area contributed by atoms with Gasteiger partial charge in [0.2, 0.25) is 0 Å². The Morgan fingerprint density at radius 2 is 1.79 bits per heavy atom. The Kier molecular flexibility index (Phi) is 6.95. The van der Waals surface area contributed by atoms with Crippen molar-refractivity contribution in [1.29, 1.82) is 0 Å². The maximum absolute atomic E-state index is 13.2. The normalized spacial score (nSPS) is 19.6. The zero-order chi connectivity index (χ0) is 23.6. The summed E-state index contributed by atoms with van der Waals surface area (Å²) in [5.74, 6) is -0.570. The fourth-order valence-corrected chi connectivity index (χ4v) is 6.02. The van der Waals surface area contributed by atoms with Crippen LogP contribution in [0.4, 0.5) is 11.4 Å². The maximum Gasteiger partial charge on any atom is 0.335 e. The molecule has 0 spiro atoms. The van der Waals surface area contributed by atoms with E-state index in [2.05, 4.69) is 14.5 Å². The minimum Gasteiger partial charge on any atom is -0.478 e. The van der Waals surface area contributed by atoms with Gasteiger partial charge >= 0.3 is 5.97 Å². The van der Waals surface area contributed by atoms with Crippen molar-refractivity contribution in [2.45, 2.75) is 44.4 Å². The molecular weight excluding hydrogens is 438 g/mol. The second kappa shape index (κ2) is 9.73. The highest BCUT2D eigenvalue weighted by molar-refractivity contribution is 7.92. The van der Waals surface area contributed by atoms with Crippen LogP contribution < -0.4 is 9.62 Å². The molecule has 1 atom stereocenters. The van der Waals surface area contributed by atoms with Crippen LogP contribution in [0.5, 0.6) is 0 Å². The number of hydrogen-bond donors (Lipinski definition) is 2. The number of aryl methyl sites for hydroxylation is 2. The zero-order valence-electron chi connectivity index (χ0n) is 19.4.